The predicted molar refractivity (Wildman–Crippen MR) is 294 cm³/mol. The molecule has 5 heterocycles. The molecule has 0 bridgehead atoms. The van der Waals surface area contributed by atoms with E-state index in [4.69, 9.17) is 19.4 Å². The third-order valence-corrected chi connectivity index (χ3v) is 16.1. The van der Waals surface area contributed by atoms with E-state index >= 15 is 0 Å². The fourth-order valence-corrected chi connectivity index (χ4v) is 13.0. The van der Waals surface area contributed by atoms with Crippen LogP contribution in [0.1, 0.15) is 0 Å². The molecule has 15 aromatic rings. The Bertz CT molecular complexity index is 4600. The number of hydrogen-bond acceptors (Lipinski definition) is 6. The highest BCUT2D eigenvalue weighted by molar-refractivity contribution is 7.26. The van der Waals surface area contributed by atoms with Gasteiger partial charge in [-0.3, -0.25) is 0 Å². The maximum absolute atomic E-state index is 6.67. The van der Waals surface area contributed by atoms with Crippen molar-refractivity contribution in [1.29, 1.82) is 0 Å². The normalized spacial score (nSPS) is 12.0. The number of benzene rings is 10. The van der Waals surface area contributed by atoms with E-state index in [1.807, 2.05) is 53.0 Å². The summed E-state index contributed by atoms with van der Waals surface area (Å²) in [5.41, 5.74) is 12.5. The topological polar surface area (TPSA) is 56.7 Å². The van der Waals surface area contributed by atoms with E-state index in [0.717, 1.165) is 66.3 Å². The Morgan fingerprint density at radius 2 is 0.886 bits per heavy atom. The SMILES string of the molecule is c1ccc(-c2nc(-c3ccc4c(c3)c3ccccc3n4-c3ccccc3)nc(-c3cccc4oc5ccc(-c6cccc7sc8cccc(-c9ccc%10c(c9)sc9ccccc9%10)c8c67)cc5c34)n2)cc1. The third kappa shape index (κ3) is 6.05. The van der Waals surface area contributed by atoms with Crippen molar-refractivity contribution in [3.63, 3.8) is 0 Å². The van der Waals surface area contributed by atoms with Gasteiger partial charge in [-0.05, 0) is 101 Å². The Kier molecular flexibility index (Phi) is 8.63. The molecule has 10 aromatic carbocycles. The van der Waals surface area contributed by atoms with E-state index in [9.17, 15) is 0 Å². The average molecular weight is 929 g/mol. The lowest BCUT2D eigenvalue weighted by Crippen LogP contribution is -2.00. The van der Waals surface area contributed by atoms with E-state index in [2.05, 4.69) is 193 Å². The van der Waals surface area contributed by atoms with Gasteiger partial charge in [-0.25, -0.2) is 15.0 Å². The molecule has 0 amide bonds. The summed E-state index contributed by atoms with van der Waals surface area (Å²) < 4.78 is 14.1. The molecule has 15 rings (SSSR count). The van der Waals surface area contributed by atoms with E-state index in [1.165, 1.54) is 62.4 Å². The first kappa shape index (κ1) is 39.3. The van der Waals surface area contributed by atoms with E-state index in [1.54, 1.807) is 0 Å². The summed E-state index contributed by atoms with van der Waals surface area (Å²) in [7, 11) is 0. The largest absolute Gasteiger partial charge is 0.456 e. The highest BCUT2D eigenvalue weighted by Crippen LogP contribution is 2.47. The van der Waals surface area contributed by atoms with Crippen molar-refractivity contribution in [2.24, 2.45) is 0 Å². The molecule has 326 valence electrons. The van der Waals surface area contributed by atoms with Gasteiger partial charge in [0.25, 0.3) is 0 Å². The highest BCUT2D eigenvalue weighted by atomic mass is 32.1. The summed E-state index contributed by atoms with van der Waals surface area (Å²) in [4.78, 5) is 15.8. The van der Waals surface area contributed by atoms with Gasteiger partial charge >= 0.3 is 0 Å². The Labute approximate surface area is 408 Å². The molecule has 5 nitrogen and oxygen atoms in total. The minimum atomic E-state index is 0.584. The Morgan fingerprint density at radius 1 is 0.314 bits per heavy atom. The van der Waals surface area contributed by atoms with Crippen LogP contribution in [0, 0.1) is 0 Å². The Hall–Kier alpha value is -8.75. The molecule has 0 aliphatic carbocycles. The summed E-state index contributed by atoms with van der Waals surface area (Å²) in [6, 6.07) is 77.8. The molecular formula is C63H36N4OS2. The summed E-state index contributed by atoms with van der Waals surface area (Å²) in [5.74, 6) is 1.79. The van der Waals surface area contributed by atoms with Crippen molar-refractivity contribution in [3.05, 3.63) is 218 Å². The Balaban J connectivity index is 0.908. The van der Waals surface area contributed by atoms with Crippen LogP contribution in [0.4, 0.5) is 0 Å². The average Bonchev–Trinajstić information content (AvgIpc) is 4.19. The number of thiophene rings is 2. The molecule has 7 heteroatoms. The first-order chi connectivity index (χ1) is 34.7. The lowest BCUT2D eigenvalue weighted by Gasteiger charge is -2.11. The number of nitrogens with zero attached hydrogens (tertiary/aromatic N) is 4. The second kappa shape index (κ2) is 15.4. The quantitative estimate of drug-likeness (QED) is 0.167. The van der Waals surface area contributed by atoms with Crippen LogP contribution in [0.25, 0.3) is 146 Å². The van der Waals surface area contributed by atoms with Crippen molar-refractivity contribution in [1.82, 2.24) is 19.5 Å². The number of hydrogen-bond donors (Lipinski definition) is 0. The van der Waals surface area contributed by atoms with Crippen molar-refractivity contribution in [2.75, 3.05) is 0 Å². The van der Waals surface area contributed by atoms with Crippen LogP contribution in [-0.2, 0) is 0 Å². The first-order valence-corrected chi connectivity index (χ1v) is 25.0. The van der Waals surface area contributed by atoms with Gasteiger partial charge in [-0.1, -0.05) is 140 Å². The standard InChI is InChI=1S/C63H36N4OS2/c1-3-14-37(15-4-1)61-64-62(40-29-32-51-48(35-40)44-18-7-9-23-50(44)67(51)41-16-5-2-6-17-41)66-63(65-61)47-22-11-24-53-58(47)49-34-38(30-33-52(49)68-53)42-20-12-26-55-59(42)60-43(21-13-27-56(60)70-55)39-28-31-46-45-19-8-10-25-54(45)69-57(46)36-39/h1-36H. The van der Waals surface area contributed by atoms with E-state index in [0.29, 0.717) is 17.5 Å². The van der Waals surface area contributed by atoms with Gasteiger partial charge in [-0.2, -0.15) is 0 Å². The molecule has 0 saturated heterocycles. The van der Waals surface area contributed by atoms with Crippen LogP contribution in [0.15, 0.2) is 223 Å². The molecule has 0 spiro atoms. The maximum atomic E-state index is 6.67. The smallest absolute Gasteiger partial charge is 0.164 e. The van der Waals surface area contributed by atoms with Gasteiger partial charge in [0.2, 0.25) is 0 Å². The molecular weight excluding hydrogens is 893 g/mol. The molecule has 0 aliphatic rings. The van der Waals surface area contributed by atoms with Crippen molar-refractivity contribution in [2.45, 2.75) is 0 Å². The molecule has 0 saturated carbocycles. The molecule has 5 aromatic heterocycles. The minimum Gasteiger partial charge on any atom is -0.456 e. The minimum absolute atomic E-state index is 0.584. The zero-order valence-corrected chi connectivity index (χ0v) is 38.9. The summed E-state index contributed by atoms with van der Waals surface area (Å²) >= 11 is 3.72. The van der Waals surface area contributed by atoms with Gasteiger partial charge in [-0.15, -0.1) is 22.7 Å². The van der Waals surface area contributed by atoms with Crippen LogP contribution < -0.4 is 0 Å². The van der Waals surface area contributed by atoms with Crippen LogP contribution in [0.5, 0.6) is 0 Å². The van der Waals surface area contributed by atoms with Gasteiger partial charge in [0.05, 0.1) is 11.0 Å². The van der Waals surface area contributed by atoms with Gasteiger partial charge in [0.1, 0.15) is 11.2 Å². The lowest BCUT2D eigenvalue weighted by molar-refractivity contribution is 0.669. The van der Waals surface area contributed by atoms with Gasteiger partial charge in [0.15, 0.2) is 17.5 Å². The van der Waals surface area contributed by atoms with Gasteiger partial charge in [0, 0.05) is 84.3 Å². The number of rotatable bonds is 6. The van der Waals surface area contributed by atoms with Crippen molar-refractivity contribution < 1.29 is 4.42 Å². The molecule has 0 aliphatic heterocycles. The molecule has 0 N–H and O–H groups in total. The predicted octanol–water partition coefficient (Wildman–Crippen LogP) is 17.9. The number of para-hydroxylation sites is 2. The van der Waals surface area contributed by atoms with Crippen LogP contribution in [0.3, 0.4) is 0 Å². The molecule has 0 radical (unpaired) electrons. The zero-order chi connectivity index (χ0) is 45.9. The maximum Gasteiger partial charge on any atom is 0.164 e. The second-order valence-electron chi connectivity index (χ2n) is 17.9. The number of fused-ring (bicyclic) bond motifs is 12. The fourth-order valence-electron chi connectivity index (χ4n) is 10.7. The van der Waals surface area contributed by atoms with Crippen LogP contribution >= 0.6 is 22.7 Å². The summed E-state index contributed by atoms with van der Waals surface area (Å²) in [6.07, 6.45) is 0. The highest BCUT2D eigenvalue weighted by Gasteiger charge is 2.22. The summed E-state index contributed by atoms with van der Waals surface area (Å²) in [5, 5.41) is 9.45. The number of furan rings is 1. The lowest BCUT2D eigenvalue weighted by atomic mass is 9.93. The van der Waals surface area contributed by atoms with Crippen LogP contribution in [0.2, 0.25) is 0 Å². The van der Waals surface area contributed by atoms with E-state index < -0.39 is 0 Å². The van der Waals surface area contributed by atoms with Crippen LogP contribution in [-0.4, -0.2) is 19.5 Å². The van der Waals surface area contributed by atoms with Gasteiger partial charge < -0.3 is 8.98 Å². The Morgan fingerprint density at radius 3 is 1.70 bits per heavy atom. The third-order valence-electron chi connectivity index (χ3n) is 13.9. The number of aromatic nitrogens is 4. The van der Waals surface area contributed by atoms with E-state index in [-0.39, 0.29) is 0 Å². The molecule has 70 heavy (non-hydrogen) atoms. The monoisotopic (exact) mass is 928 g/mol. The first-order valence-electron chi connectivity index (χ1n) is 23.4. The van der Waals surface area contributed by atoms with Crippen molar-refractivity contribution in [3.8, 4) is 62.1 Å². The molecule has 0 atom stereocenters. The zero-order valence-electron chi connectivity index (χ0n) is 37.3. The summed E-state index contributed by atoms with van der Waals surface area (Å²) in [6.45, 7) is 0. The van der Waals surface area contributed by atoms with Crippen molar-refractivity contribution >= 4 is 107 Å². The second-order valence-corrected chi connectivity index (χ2v) is 20.0. The fraction of sp³-hybridized carbons (Fsp3) is 0. The molecule has 0 unspecified atom stereocenters. The molecule has 0 fully saturated rings.